The minimum absolute atomic E-state index is 0.0903. The number of halogens is 1. The Balaban J connectivity index is 2.98. The van der Waals surface area contributed by atoms with Crippen LogP contribution in [0.3, 0.4) is 0 Å². The van der Waals surface area contributed by atoms with Crippen LogP contribution in [-0.4, -0.2) is 40.6 Å². The van der Waals surface area contributed by atoms with Crippen molar-refractivity contribution in [2.24, 2.45) is 0 Å². The minimum atomic E-state index is -0.277. The van der Waals surface area contributed by atoms with Crippen molar-refractivity contribution in [1.29, 1.82) is 0 Å². The number of rotatable bonds is 4. The Morgan fingerprint density at radius 2 is 2.38 bits per heavy atom. The van der Waals surface area contributed by atoms with Crippen LogP contribution in [0.1, 0.15) is 17.3 Å². The molecule has 0 aliphatic heterocycles. The lowest BCUT2D eigenvalue weighted by Crippen LogP contribution is -2.33. The summed E-state index contributed by atoms with van der Waals surface area (Å²) in [6.07, 6.45) is 1.39. The number of anilines is 1. The third kappa shape index (κ3) is 2.84. The quantitative estimate of drug-likeness (QED) is 0.766. The van der Waals surface area contributed by atoms with Crippen LogP contribution in [0.15, 0.2) is 12.3 Å². The van der Waals surface area contributed by atoms with Gasteiger partial charge in [-0.25, -0.2) is 4.98 Å². The summed E-state index contributed by atoms with van der Waals surface area (Å²) in [5, 5.41) is 8.94. The van der Waals surface area contributed by atoms with Gasteiger partial charge in [0.15, 0.2) is 0 Å². The van der Waals surface area contributed by atoms with E-state index in [0.717, 1.165) is 0 Å². The maximum absolute atomic E-state index is 12.0. The number of amides is 1. The highest BCUT2D eigenvalue weighted by Gasteiger charge is 2.17. The number of aromatic nitrogens is 1. The van der Waals surface area contributed by atoms with Crippen LogP contribution in [0, 0.1) is 0 Å². The van der Waals surface area contributed by atoms with Crippen LogP contribution < -0.4 is 5.73 Å². The number of pyridine rings is 1. The summed E-state index contributed by atoms with van der Waals surface area (Å²) in [6.45, 7) is 2.49. The Morgan fingerprint density at radius 3 is 2.94 bits per heavy atom. The van der Waals surface area contributed by atoms with Gasteiger partial charge in [0, 0.05) is 13.1 Å². The van der Waals surface area contributed by atoms with Crippen molar-refractivity contribution in [3.05, 3.63) is 23.0 Å². The predicted octanol–water partition coefficient (Wildman–Crippen LogP) is 0.772. The molecule has 0 aliphatic carbocycles. The van der Waals surface area contributed by atoms with Crippen LogP contribution in [0.2, 0.25) is 5.15 Å². The molecule has 0 aromatic carbocycles. The van der Waals surface area contributed by atoms with Crippen molar-refractivity contribution in [2.45, 2.75) is 6.92 Å². The van der Waals surface area contributed by atoms with E-state index in [-0.39, 0.29) is 29.8 Å². The van der Waals surface area contributed by atoms with E-state index in [4.69, 9.17) is 22.4 Å². The van der Waals surface area contributed by atoms with Crippen LogP contribution >= 0.6 is 11.6 Å². The summed E-state index contributed by atoms with van der Waals surface area (Å²) in [5.41, 5.74) is 6.18. The van der Waals surface area contributed by atoms with Crippen molar-refractivity contribution >= 4 is 23.2 Å². The normalized spacial score (nSPS) is 10.2. The van der Waals surface area contributed by atoms with E-state index in [1.165, 1.54) is 17.2 Å². The predicted molar refractivity (Wildman–Crippen MR) is 62.3 cm³/mol. The van der Waals surface area contributed by atoms with Gasteiger partial charge in [-0.05, 0) is 13.0 Å². The molecule has 0 saturated heterocycles. The van der Waals surface area contributed by atoms with Crippen molar-refractivity contribution in [2.75, 3.05) is 25.4 Å². The number of hydrogen-bond donors (Lipinski definition) is 2. The number of carbonyl (C=O) groups is 1. The third-order valence-corrected chi connectivity index (χ3v) is 2.43. The maximum atomic E-state index is 12.0. The summed E-state index contributed by atoms with van der Waals surface area (Å²) in [5.74, 6) is -0.277. The molecular weight excluding hydrogens is 230 g/mol. The number of likely N-dealkylation sites (N-methyl/N-ethyl adjacent to an activating group) is 1. The van der Waals surface area contributed by atoms with Gasteiger partial charge in [0.25, 0.3) is 5.91 Å². The van der Waals surface area contributed by atoms with Crippen molar-refractivity contribution in [3.8, 4) is 0 Å². The number of nitrogens with zero attached hydrogens (tertiary/aromatic N) is 2. The van der Waals surface area contributed by atoms with Gasteiger partial charge in [0.1, 0.15) is 5.15 Å². The average molecular weight is 244 g/mol. The molecule has 0 atom stereocenters. The summed E-state index contributed by atoms with van der Waals surface area (Å²) in [6, 6.07) is 1.48. The monoisotopic (exact) mass is 243 g/mol. The van der Waals surface area contributed by atoms with E-state index in [9.17, 15) is 4.79 Å². The molecule has 5 nitrogen and oxygen atoms in total. The molecule has 1 aromatic heterocycles. The van der Waals surface area contributed by atoms with E-state index in [2.05, 4.69) is 4.98 Å². The fourth-order valence-corrected chi connectivity index (χ4v) is 1.49. The molecule has 0 bridgehead atoms. The lowest BCUT2D eigenvalue weighted by Gasteiger charge is -2.20. The van der Waals surface area contributed by atoms with Gasteiger partial charge in [-0.3, -0.25) is 4.79 Å². The number of aliphatic hydroxyl groups excluding tert-OH is 1. The molecule has 1 rings (SSSR count). The second-order valence-corrected chi connectivity index (χ2v) is 3.57. The van der Waals surface area contributed by atoms with Gasteiger partial charge >= 0.3 is 0 Å². The van der Waals surface area contributed by atoms with Crippen LogP contribution in [-0.2, 0) is 0 Å². The Labute approximate surface area is 98.8 Å². The molecular formula is C10H14ClN3O2. The van der Waals surface area contributed by atoms with Crippen LogP contribution in [0.25, 0.3) is 0 Å². The van der Waals surface area contributed by atoms with Gasteiger partial charge in [-0.15, -0.1) is 0 Å². The van der Waals surface area contributed by atoms with Crippen LogP contribution in [0.4, 0.5) is 5.69 Å². The SMILES string of the molecule is CCN(CCO)C(=O)c1cc(N)cnc1Cl. The van der Waals surface area contributed by atoms with E-state index in [0.29, 0.717) is 12.2 Å². The van der Waals surface area contributed by atoms with Crippen molar-refractivity contribution in [1.82, 2.24) is 9.88 Å². The zero-order valence-electron chi connectivity index (χ0n) is 8.98. The summed E-state index contributed by atoms with van der Waals surface area (Å²) < 4.78 is 0. The number of aliphatic hydroxyl groups is 1. The Morgan fingerprint density at radius 1 is 1.69 bits per heavy atom. The second-order valence-electron chi connectivity index (χ2n) is 3.22. The average Bonchev–Trinajstić information content (AvgIpc) is 2.28. The zero-order valence-corrected chi connectivity index (χ0v) is 9.74. The van der Waals surface area contributed by atoms with E-state index in [1.807, 2.05) is 6.92 Å². The molecule has 0 fully saturated rings. The molecule has 88 valence electrons. The Kier molecular flexibility index (Phi) is 4.52. The van der Waals surface area contributed by atoms with Gasteiger partial charge < -0.3 is 15.7 Å². The van der Waals surface area contributed by atoms with Crippen molar-refractivity contribution in [3.63, 3.8) is 0 Å². The van der Waals surface area contributed by atoms with Gasteiger partial charge in [-0.1, -0.05) is 11.6 Å². The molecule has 0 aliphatic rings. The molecule has 6 heteroatoms. The molecule has 16 heavy (non-hydrogen) atoms. The standard InChI is InChI=1S/C10H14ClN3O2/c1-2-14(3-4-15)10(16)8-5-7(12)6-13-9(8)11/h5-6,15H,2-4,12H2,1H3. The molecule has 0 saturated carbocycles. The van der Waals surface area contributed by atoms with Gasteiger partial charge in [0.05, 0.1) is 24.1 Å². The number of hydrogen-bond acceptors (Lipinski definition) is 4. The molecule has 0 unspecified atom stereocenters. The highest BCUT2D eigenvalue weighted by molar-refractivity contribution is 6.32. The molecule has 3 N–H and O–H groups in total. The maximum Gasteiger partial charge on any atom is 0.257 e. The highest BCUT2D eigenvalue weighted by Crippen LogP contribution is 2.17. The third-order valence-electron chi connectivity index (χ3n) is 2.13. The zero-order chi connectivity index (χ0) is 12.1. The first kappa shape index (κ1) is 12.7. The summed E-state index contributed by atoms with van der Waals surface area (Å²) in [4.78, 5) is 17.3. The molecule has 1 aromatic rings. The summed E-state index contributed by atoms with van der Waals surface area (Å²) >= 11 is 5.82. The molecule has 0 spiro atoms. The topological polar surface area (TPSA) is 79.5 Å². The van der Waals surface area contributed by atoms with Gasteiger partial charge in [-0.2, -0.15) is 0 Å². The van der Waals surface area contributed by atoms with E-state index >= 15 is 0 Å². The molecule has 1 amide bonds. The Hall–Kier alpha value is -1.33. The second kappa shape index (κ2) is 5.67. The highest BCUT2D eigenvalue weighted by atomic mass is 35.5. The molecule has 0 radical (unpaired) electrons. The fourth-order valence-electron chi connectivity index (χ4n) is 1.31. The fraction of sp³-hybridized carbons (Fsp3) is 0.400. The van der Waals surface area contributed by atoms with Crippen molar-refractivity contribution < 1.29 is 9.90 Å². The minimum Gasteiger partial charge on any atom is -0.397 e. The lowest BCUT2D eigenvalue weighted by molar-refractivity contribution is 0.0732. The molecule has 1 heterocycles. The van der Waals surface area contributed by atoms with Gasteiger partial charge in [0.2, 0.25) is 0 Å². The van der Waals surface area contributed by atoms with Crippen LogP contribution in [0.5, 0.6) is 0 Å². The Bertz CT molecular complexity index is 384. The first-order valence-electron chi connectivity index (χ1n) is 4.91. The number of carbonyl (C=O) groups excluding carboxylic acids is 1. The number of nitrogens with two attached hydrogens (primary N) is 1. The van der Waals surface area contributed by atoms with E-state index in [1.54, 1.807) is 0 Å². The van der Waals surface area contributed by atoms with E-state index < -0.39 is 0 Å². The lowest BCUT2D eigenvalue weighted by atomic mass is 10.2. The first-order chi connectivity index (χ1) is 7.60. The number of nitrogen functional groups attached to an aromatic ring is 1. The largest absolute Gasteiger partial charge is 0.397 e. The first-order valence-corrected chi connectivity index (χ1v) is 5.29. The smallest absolute Gasteiger partial charge is 0.257 e. The summed E-state index contributed by atoms with van der Waals surface area (Å²) in [7, 11) is 0.